The fourth-order valence-electron chi connectivity index (χ4n) is 3.65. The van der Waals surface area contributed by atoms with Gasteiger partial charge < -0.3 is 10.0 Å². The first-order valence-electron chi connectivity index (χ1n) is 11.0. The van der Waals surface area contributed by atoms with Crippen molar-refractivity contribution in [1.82, 2.24) is 0 Å². The summed E-state index contributed by atoms with van der Waals surface area (Å²) in [7, 11) is -1.36. The van der Waals surface area contributed by atoms with Crippen LogP contribution in [0.2, 0.25) is 19.6 Å². The van der Waals surface area contributed by atoms with Crippen molar-refractivity contribution in [3.63, 3.8) is 0 Å². The second-order valence-corrected chi connectivity index (χ2v) is 14.6. The van der Waals surface area contributed by atoms with E-state index in [1.165, 1.54) is 11.3 Å². The summed E-state index contributed by atoms with van der Waals surface area (Å²) < 4.78 is 0. The van der Waals surface area contributed by atoms with Crippen LogP contribution in [-0.4, -0.2) is 32.2 Å². The normalized spacial score (nSPS) is 14.7. The van der Waals surface area contributed by atoms with Gasteiger partial charge in [-0.05, 0) is 59.4 Å². The number of hydrogen-bond acceptors (Lipinski definition) is 2. The Hall–Kier alpha value is -3.21. The minimum absolute atomic E-state index is 0.105. The lowest BCUT2D eigenvalue weighted by atomic mass is 9.77. The van der Waals surface area contributed by atoms with Gasteiger partial charge in [-0.25, -0.2) is 4.79 Å². The van der Waals surface area contributed by atoms with E-state index in [4.69, 9.17) is 5.11 Å². The molecular weight excluding hydrogens is 410 g/mol. The first-order chi connectivity index (χ1) is 15.0. The molecule has 3 nitrogen and oxygen atoms in total. The summed E-state index contributed by atoms with van der Waals surface area (Å²) in [6.07, 6.45) is 3.80. The fourth-order valence-corrected chi connectivity index (χ4v) is 4.26. The Kier molecular flexibility index (Phi) is 6.97. The molecule has 0 radical (unpaired) electrons. The zero-order valence-electron chi connectivity index (χ0n) is 19.6. The lowest BCUT2D eigenvalue weighted by Crippen LogP contribution is -2.37. The number of carboxylic acids is 1. The maximum absolute atomic E-state index is 10.6. The molecule has 0 spiro atoms. The molecule has 1 aliphatic heterocycles. The first kappa shape index (κ1) is 23.5. The largest absolute Gasteiger partial charge is 0.478 e. The number of benzene rings is 2. The summed E-state index contributed by atoms with van der Waals surface area (Å²) in [5, 5.41) is 8.73. The van der Waals surface area contributed by atoms with Crippen LogP contribution in [0.1, 0.15) is 42.5 Å². The predicted octanol–water partition coefficient (Wildman–Crippen LogP) is 5.55. The number of nitrogens with zero attached hydrogens (tertiary/aromatic N) is 1. The number of hydrogen-bond donors (Lipinski definition) is 1. The third kappa shape index (κ3) is 6.39. The van der Waals surface area contributed by atoms with E-state index in [1.54, 1.807) is 6.08 Å². The van der Waals surface area contributed by atoms with E-state index < -0.39 is 14.0 Å². The molecule has 0 aromatic heterocycles. The van der Waals surface area contributed by atoms with E-state index in [2.05, 4.69) is 79.9 Å². The maximum atomic E-state index is 10.6. The van der Waals surface area contributed by atoms with Gasteiger partial charge in [0.05, 0.1) is 6.54 Å². The van der Waals surface area contributed by atoms with Crippen LogP contribution >= 0.6 is 0 Å². The third-order valence-electron chi connectivity index (χ3n) is 5.49. The van der Waals surface area contributed by atoms with Crippen molar-refractivity contribution >= 4 is 25.8 Å². The smallest absolute Gasteiger partial charge is 0.328 e. The number of rotatable bonds is 3. The van der Waals surface area contributed by atoms with Gasteiger partial charge in [0.1, 0.15) is 8.07 Å². The highest BCUT2D eigenvalue weighted by atomic mass is 28.3. The quantitative estimate of drug-likeness (QED) is 0.385. The molecule has 0 bridgehead atoms. The summed E-state index contributed by atoms with van der Waals surface area (Å²) in [6, 6.07) is 14.1. The minimum atomic E-state index is -1.36. The number of fused-ring (bicyclic) bond motifs is 1. The van der Waals surface area contributed by atoms with Crippen LogP contribution in [0.4, 0.5) is 5.69 Å². The monoisotopic (exact) mass is 441 g/mol. The third-order valence-corrected chi connectivity index (χ3v) is 6.41. The highest BCUT2D eigenvalue weighted by molar-refractivity contribution is 6.83. The molecule has 164 valence electrons. The van der Waals surface area contributed by atoms with Crippen LogP contribution in [0.25, 0.3) is 6.08 Å². The topological polar surface area (TPSA) is 40.5 Å². The van der Waals surface area contributed by atoms with Gasteiger partial charge in [-0.2, -0.15) is 0 Å². The lowest BCUT2D eigenvalue weighted by molar-refractivity contribution is -0.131. The zero-order valence-corrected chi connectivity index (χ0v) is 20.6. The lowest BCUT2D eigenvalue weighted by Gasteiger charge is -2.39. The molecule has 1 heterocycles. The molecule has 0 saturated carbocycles. The highest BCUT2D eigenvalue weighted by Crippen LogP contribution is 2.39. The predicted molar refractivity (Wildman–Crippen MR) is 137 cm³/mol. The molecule has 0 fully saturated rings. The Labute approximate surface area is 193 Å². The highest BCUT2D eigenvalue weighted by Gasteiger charge is 2.31. The van der Waals surface area contributed by atoms with E-state index in [0.717, 1.165) is 42.3 Å². The molecule has 0 unspecified atom stereocenters. The van der Waals surface area contributed by atoms with Crippen LogP contribution in [0.15, 0.2) is 48.5 Å². The molecule has 1 N–H and O–H groups in total. The van der Waals surface area contributed by atoms with Gasteiger partial charge in [0.15, 0.2) is 0 Å². The van der Waals surface area contributed by atoms with Gasteiger partial charge in [-0.3, -0.25) is 0 Å². The van der Waals surface area contributed by atoms with Crippen LogP contribution in [0, 0.1) is 23.3 Å². The number of anilines is 1. The number of carbonyl (C=O) groups is 1. The van der Waals surface area contributed by atoms with Gasteiger partial charge in [-0.1, -0.05) is 63.4 Å². The van der Waals surface area contributed by atoms with Crippen molar-refractivity contribution < 1.29 is 9.90 Å². The SMILES string of the molecule is CC1(C)CCN(CC#C[Si](C)(C)C)c2ccc(C#Cc3ccc(/C=C/C(=O)O)cc3)cc21. The van der Waals surface area contributed by atoms with Crippen molar-refractivity contribution in [1.29, 1.82) is 0 Å². The van der Waals surface area contributed by atoms with E-state index in [1.807, 2.05) is 24.3 Å². The van der Waals surface area contributed by atoms with Crippen LogP contribution in [-0.2, 0) is 10.2 Å². The Morgan fingerprint density at radius 1 is 1.09 bits per heavy atom. The van der Waals surface area contributed by atoms with Crippen molar-refractivity contribution in [2.24, 2.45) is 0 Å². The molecule has 0 atom stereocenters. The van der Waals surface area contributed by atoms with E-state index in [9.17, 15) is 4.79 Å². The standard InChI is InChI=1S/C28H31NO2Si/c1-28(2)17-19-29(18-6-20-32(3,4)5)26-15-13-24(21-25(26)28)12-11-22-7-9-23(10-8-22)14-16-27(30)31/h7-10,13-16,21H,17-19H2,1-5H3,(H,30,31)/b16-14+. The van der Waals surface area contributed by atoms with Gasteiger partial charge in [0.25, 0.3) is 0 Å². The zero-order chi connectivity index (χ0) is 23.4. The molecule has 3 rings (SSSR count). The molecule has 0 amide bonds. The summed E-state index contributed by atoms with van der Waals surface area (Å²) in [5.74, 6) is 8.98. The summed E-state index contributed by atoms with van der Waals surface area (Å²) in [4.78, 5) is 13.0. The first-order valence-corrected chi connectivity index (χ1v) is 14.5. The van der Waals surface area contributed by atoms with E-state index >= 15 is 0 Å². The van der Waals surface area contributed by atoms with Crippen molar-refractivity contribution in [2.45, 2.75) is 45.3 Å². The Bertz CT molecular complexity index is 1150. The van der Waals surface area contributed by atoms with Gasteiger partial charge in [-0.15, -0.1) is 5.54 Å². The maximum Gasteiger partial charge on any atom is 0.328 e. The second-order valence-electron chi connectivity index (χ2n) is 9.88. The van der Waals surface area contributed by atoms with Crippen molar-refractivity contribution in [3.05, 3.63) is 70.8 Å². The molecule has 1 aliphatic rings. The van der Waals surface area contributed by atoms with Crippen LogP contribution < -0.4 is 4.90 Å². The Morgan fingerprint density at radius 2 is 1.75 bits per heavy atom. The van der Waals surface area contributed by atoms with Gasteiger partial charge in [0.2, 0.25) is 0 Å². The molecule has 2 aromatic rings. The van der Waals surface area contributed by atoms with E-state index in [-0.39, 0.29) is 5.41 Å². The van der Waals surface area contributed by atoms with Crippen LogP contribution in [0.5, 0.6) is 0 Å². The average molecular weight is 442 g/mol. The summed E-state index contributed by atoms with van der Waals surface area (Å²) >= 11 is 0. The Balaban J connectivity index is 1.82. The number of aliphatic carboxylic acids is 1. The Morgan fingerprint density at radius 3 is 2.41 bits per heavy atom. The molecule has 32 heavy (non-hydrogen) atoms. The molecule has 0 saturated heterocycles. The van der Waals surface area contributed by atoms with Crippen molar-refractivity contribution in [3.8, 4) is 23.3 Å². The van der Waals surface area contributed by atoms with Gasteiger partial charge in [0, 0.05) is 29.4 Å². The summed E-state index contributed by atoms with van der Waals surface area (Å²) in [5.41, 5.74) is 8.93. The molecule has 0 aliphatic carbocycles. The molecule has 2 aromatic carbocycles. The van der Waals surface area contributed by atoms with Crippen LogP contribution in [0.3, 0.4) is 0 Å². The van der Waals surface area contributed by atoms with Crippen molar-refractivity contribution in [2.75, 3.05) is 18.0 Å². The molecular formula is C28H31NO2Si. The van der Waals surface area contributed by atoms with E-state index in [0.29, 0.717) is 0 Å². The molecule has 4 heteroatoms. The second kappa shape index (κ2) is 9.51. The number of carboxylic acid groups (broad SMARTS) is 1. The fraction of sp³-hybridized carbons (Fsp3) is 0.321. The average Bonchev–Trinajstić information content (AvgIpc) is 2.72. The summed E-state index contributed by atoms with van der Waals surface area (Å²) in [6.45, 7) is 13.2. The minimum Gasteiger partial charge on any atom is -0.478 e. The van der Waals surface area contributed by atoms with Gasteiger partial charge >= 0.3 is 5.97 Å².